The van der Waals surface area contributed by atoms with Crippen molar-refractivity contribution in [2.75, 3.05) is 15.1 Å². The van der Waals surface area contributed by atoms with Crippen LogP contribution in [0.15, 0.2) is 242 Å². The van der Waals surface area contributed by atoms with Gasteiger partial charge in [0.15, 0.2) is 0 Å². The standard InChI is InChI=1S/C54H42N4/c1-6-21-42(22-7-1)55-54(41-20-18-31-47(38-41)56(43-23-8-2-9-24-43)44-25-10-3-11-26-44)37-19-32-49(40-54)57(45-27-12-4-13-28-45)48-35-36-51-50-33-16-17-34-52(50)58(53(51)39-48)46-29-14-5-15-30-46/h1-39,55H,40H2. The van der Waals surface area contributed by atoms with E-state index in [1.165, 1.54) is 33.1 Å². The summed E-state index contributed by atoms with van der Waals surface area (Å²) in [5.74, 6) is 0. The highest BCUT2D eigenvalue weighted by molar-refractivity contribution is 6.10. The number of para-hydroxylation sites is 6. The molecule has 0 saturated heterocycles. The van der Waals surface area contributed by atoms with Gasteiger partial charge >= 0.3 is 0 Å². The predicted octanol–water partition coefficient (Wildman–Crippen LogP) is 14.2. The summed E-state index contributed by atoms with van der Waals surface area (Å²) in [5.41, 5.74) is 11.8. The zero-order chi connectivity index (χ0) is 38.7. The molecule has 0 fully saturated rings. The normalized spacial score (nSPS) is 14.9. The Morgan fingerprint density at radius 2 is 0.966 bits per heavy atom. The number of anilines is 6. The van der Waals surface area contributed by atoms with E-state index in [-0.39, 0.29) is 0 Å². The summed E-state index contributed by atoms with van der Waals surface area (Å²) >= 11 is 0. The molecule has 278 valence electrons. The van der Waals surface area contributed by atoms with Crippen LogP contribution in [0.2, 0.25) is 0 Å². The maximum Gasteiger partial charge on any atom is 0.0868 e. The molecular weight excluding hydrogens is 705 g/mol. The smallest absolute Gasteiger partial charge is 0.0868 e. The Bertz CT molecular complexity index is 2840. The van der Waals surface area contributed by atoms with Gasteiger partial charge in [0, 0.05) is 62.7 Å². The fourth-order valence-corrected chi connectivity index (χ4v) is 8.55. The van der Waals surface area contributed by atoms with Gasteiger partial charge in [-0.2, -0.15) is 0 Å². The number of aromatic nitrogens is 1. The van der Waals surface area contributed by atoms with Gasteiger partial charge in [-0.1, -0.05) is 140 Å². The van der Waals surface area contributed by atoms with Crippen molar-refractivity contribution < 1.29 is 0 Å². The maximum absolute atomic E-state index is 4.05. The highest BCUT2D eigenvalue weighted by Crippen LogP contribution is 2.45. The lowest BCUT2D eigenvalue weighted by atomic mass is 9.81. The van der Waals surface area contributed by atoms with Crippen LogP contribution < -0.4 is 15.1 Å². The molecule has 0 amide bonds. The molecule has 10 rings (SSSR count). The molecule has 9 aromatic rings. The lowest BCUT2D eigenvalue weighted by Gasteiger charge is -2.40. The van der Waals surface area contributed by atoms with Crippen LogP contribution in [0, 0.1) is 0 Å². The molecule has 0 spiro atoms. The molecule has 0 bridgehead atoms. The minimum absolute atomic E-state index is 0.587. The molecule has 58 heavy (non-hydrogen) atoms. The van der Waals surface area contributed by atoms with Crippen LogP contribution in [-0.4, -0.2) is 4.57 Å². The van der Waals surface area contributed by atoms with E-state index in [2.05, 4.69) is 256 Å². The van der Waals surface area contributed by atoms with Crippen LogP contribution in [0.25, 0.3) is 27.5 Å². The first-order valence-electron chi connectivity index (χ1n) is 19.9. The van der Waals surface area contributed by atoms with Crippen LogP contribution in [0.3, 0.4) is 0 Å². The molecular formula is C54H42N4. The van der Waals surface area contributed by atoms with Gasteiger partial charge in [0.05, 0.1) is 16.6 Å². The molecule has 4 nitrogen and oxygen atoms in total. The fourth-order valence-electron chi connectivity index (χ4n) is 8.55. The lowest BCUT2D eigenvalue weighted by Crippen LogP contribution is -2.37. The van der Waals surface area contributed by atoms with Crippen molar-refractivity contribution in [1.29, 1.82) is 0 Å². The summed E-state index contributed by atoms with van der Waals surface area (Å²) in [6.45, 7) is 0. The minimum Gasteiger partial charge on any atom is -0.372 e. The molecule has 1 aliphatic rings. The second-order valence-electron chi connectivity index (χ2n) is 14.8. The van der Waals surface area contributed by atoms with E-state index in [1.807, 2.05) is 0 Å². The second kappa shape index (κ2) is 15.2. The van der Waals surface area contributed by atoms with Crippen LogP contribution in [0.4, 0.5) is 34.1 Å². The first-order chi connectivity index (χ1) is 28.7. The highest BCUT2D eigenvalue weighted by atomic mass is 15.2. The van der Waals surface area contributed by atoms with Crippen molar-refractivity contribution in [3.05, 3.63) is 248 Å². The largest absolute Gasteiger partial charge is 0.372 e. The number of fused-ring (bicyclic) bond motifs is 3. The summed E-state index contributed by atoms with van der Waals surface area (Å²) < 4.78 is 2.39. The highest BCUT2D eigenvalue weighted by Gasteiger charge is 2.35. The van der Waals surface area contributed by atoms with E-state index in [9.17, 15) is 0 Å². The van der Waals surface area contributed by atoms with Crippen LogP contribution in [-0.2, 0) is 5.54 Å². The number of allylic oxidation sites excluding steroid dienone is 2. The van der Waals surface area contributed by atoms with E-state index >= 15 is 0 Å². The van der Waals surface area contributed by atoms with Crippen LogP contribution in [0.5, 0.6) is 0 Å². The summed E-state index contributed by atoms with van der Waals surface area (Å²) in [5, 5.41) is 6.51. The molecule has 1 atom stereocenters. The van der Waals surface area contributed by atoms with E-state index in [4.69, 9.17) is 0 Å². The summed E-state index contributed by atoms with van der Waals surface area (Å²) in [6.07, 6.45) is 7.52. The quantitative estimate of drug-likeness (QED) is 0.151. The van der Waals surface area contributed by atoms with Gasteiger partial charge in [-0.15, -0.1) is 0 Å². The third kappa shape index (κ3) is 6.51. The Kier molecular flexibility index (Phi) is 9.13. The number of hydrogen-bond acceptors (Lipinski definition) is 3. The SMILES string of the molecule is C1=CC(Nc2ccccc2)(c2cccc(N(c3ccccc3)c3ccccc3)c2)CC(N(c2ccccc2)c2ccc3c4ccccc4n(-c4ccccc4)c3c2)=C1. The van der Waals surface area contributed by atoms with Crippen molar-refractivity contribution in [3.63, 3.8) is 0 Å². The van der Waals surface area contributed by atoms with E-state index in [1.54, 1.807) is 0 Å². The third-order valence-corrected chi connectivity index (χ3v) is 11.2. The molecule has 1 heterocycles. The Balaban J connectivity index is 1.12. The second-order valence-corrected chi connectivity index (χ2v) is 14.8. The molecule has 1 aromatic heterocycles. The molecule has 0 radical (unpaired) electrons. The van der Waals surface area contributed by atoms with Crippen molar-refractivity contribution in [1.82, 2.24) is 4.57 Å². The Morgan fingerprint density at radius 1 is 0.431 bits per heavy atom. The minimum atomic E-state index is -0.587. The zero-order valence-electron chi connectivity index (χ0n) is 32.1. The Hall–Kier alpha value is -7.56. The average Bonchev–Trinajstić information content (AvgIpc) is 3.62. The Morgan fingerprint density at radius 3 is 1.64 bits per heavy atom. The van der Waals surface area contributed by atoms with Gasteiger partial charge in [-0.05, 0) is 103 Å². The average molecular weight is 747 g/mol. The molecule has 1 aliphatic carbocycles. The van der Waals surface area contributed by atoms with Crippen LogP contribution >= 0.6 is 0 Å². The monoisotopic (exact) mass is 746 g/mol. The molecule has 0 aliphatic heterocycles. The van der Waals surface area contributed by atoms with Crippen molar-refractivity contribution >= 4 is 55.9 Å². The van der Waals surface area contributed by atoms with Crippen LogP contribution in [0.1, 0.15) is 12.0 Å². The van der Waals surface area contributed by atoms with E-state index < -0.39 is 5.54 Å². The number of nitrogens with zero attached hydrogens (tertiary/aromatic N) is 3. The molecule has 4 heteroatoms. The van der Waals surface area contributed by atoms with Gasteiger partial charge in [0.1, 0.15) is 0 Å². The van der Waals surface area contributed by atoms with Crippen molar-refractivity contribution in [3.8, 4) is 5.69 Å². The fraction of sp³-hybridized carbons (Fsp3) is 0.0370. The van der Waals surface area contributed by atoms with Gasteiger partial charge in [-0.3, -0.25) is 0 Å². The summed E-state index contributed by atoms with van der Waals surface area (Å²) in [6, 6.07) is 77.9. The maximum atomic E-state index is 4.05. The van der Waals surface area contributed by atoms with E-state index in [0.717, 1.165) is 39.8 Å². The van der Waals surface area contributed by atoms with Crippen molar-refractivity contribution in [2.45, 2.75) is 12.0 Å². The molecule has 1 unspecified atom stereocenters. The molecule has 1 N–H and O–H groups in total. The number of hydrogen-bond donors (Lipinski definition) is 1. The molecule has 0 saturated carbocycles. The van der Waals surface area contributed by atoms with Gasteiger partial charge < -0.3 is 19.7 Å². The van der Waals surface area contributed by atoms with Gasteiger partial charge in [-0.25, -0.2) is 0 Å². The van der Waals surface area contributed by atoms with E-state index in [0.29, 0.717) is 6.42 Å². The van der Waals surface area contributed by atoms with Crippen molar-refractivity contribution in [2.24, 2.45) is 0 Å². The molecule has 8 aromatic carbocycles. The topological polar surface area (TPSA) is 23.4 Å². The summed E-state index contributed by atoms with van der Waals surface area (Å²) in [4.78, 5) is 4.77. The zero-order valence-corrected chi connectivity index (χ0v) is 32.1. The van der Waals surface area contributed by atoms with Gasteiger partial charge in [0.25, 0.3) is 0 Å². The predicted molar refractivity (Wildman–Crippen MR) is 244 cm³/mol. The summed E-state index contributed by atoms with van der Waals surface area (Å²) in [7, 11) is 0. The third-order valence-electron chi connectivity index (χ3n) is 11.2. The lowest BCUT2D eigenvalue weighted by molar-refractivity contribution is 0.592. The van der Waals surface area contributed by atoms with Gasteiger partial charge in [0.2, 0.25) is 0 Å². The first-order valence-corrected chi connectivity index (χ1v) is 19.9. The first kappa shape index (κ1) is 34.9. The number of nitrogens with one attached hydrogen (secondary N) is 1. The Labute approximate surface area is 339 Å². The number of benzene rings is 8. The number of rotatable bonds is 10.